The van der Waals surface area contributed by atoms with E-state index >= 15 is 0 Å². The van der Waals surface area contributed by atoms with E-state index in [2.05, 4.69) is 11.7 Å². The van der Waals surface area contributed by atoms with E-state index in [1.54, 1.807) is 6.92 Å². The van der Waals surface area contributed by atoms with Gasteiger partial charge in [0.2, 0.25) is 0 Å². The number of hydrogen-bond donors (Lipinski definition) is 1. The summed E-state index contributed by atoms with van der Waals surface area (Å²) in [5, 5.41) is 0. The average Bonchev–Trinajstić information content (AvgIpc) is 2.26. The predicted octanol–water partition coefficient (Wildman–Crippen LogP) is 1.86. The summed E-state index contributed by atoms with van der Waals surface area (Å²) in [6.07, 6.45) is 5.25. The van der Waals surface area contributed by atoms with Crippen molar-refractivity contribution in [1.29, 1.82) is 0 Å². The summed E-state index contributed by atoms with van der Waals surface area (Å²) in [7, 11) is 1.35. The number of ether oxygens (including phenoxy) is 2. The monoisotopic (exact) mass is 231 g/mol. The highest BCUT2D eigenvalue weighted by Gasteiger charge is 2.28. The van der Waals surface area contributed by atoms with E-state index in [0.29, 0.717) is 13.0 Å². The fraction of sp³-hybridized carbons (Fsp3) is 0.917. The van der Waals surface area contributed by atoms with Crippen LogP contribution in [0.5, 0.6) is 0 Å². The van der Waals surface area contributed by atoms with Crippen molar-refractivity contribution < 1.29 is 14.3 Å². The highest BCUT2D eigenvalue weighted by Crippen LogP contribution is 2.08. The van der Waals surface area contributed by atoms with Crippen molar-refractivity contribution in [3.8, 4) is 0 Å². The van der Waals surface area contributed by atoms with Crippen molar-refractivity contribution in [3.63, 3.8) is 0 Å². The zero-order chi connectivity index (χ0) is 12.4. The summed E-state index contributed by atoms with van der Waals surface area (Å²) in [4.78, 5) is 11.2. The average molecular weight is 231 g/mol. The summed E-state index contributed by atoms with van der Waals surface area (Å²) in [5.74, 6) is -0.387. The first-order chi connectivity index (χ1) is 7.54. The summed E-state index contributed by atoms with van der Waals surface area (Å²) in [6, 6.07) is 0. The minimum absolute atomic E-state index is 0.387. The Hall–Kier alpha value is -0.610. The molecule has 4 heteroatoms. The molecule has 0 rings (SSSR count). The fourth-order valence-corrected chi connectivity index (χ4v) is 1.35. The normalized spacial score (nSPS) is 14.5. The van der Waals surface area contributed by atoms with Gasteiger partial charge in [0, 0.05) is 13.2 Å². The van der Waals surface area contributed by atoms with Crippen LogP contribution in [0.4, 0.5) is 0 Å². The smallest absolute Gasteiger partial charge is 0.325 e. The molecule has 0 heterocycles. The molecule has 1 unspecified atom stereocenters. The van der Waals surface area contributed by atoms with Gasteiger partial charge in [-0.3, -0.25) is 4.79 Å². The van der Waals surface area contributed by atoms with E-state index in [1.807, 2.05) is 0 Å². The SMILES string of the molecule is CCCCCCOCCC(C)(N)C(=O)OC. The van der Waals surface area contributed by atoms with Crippen molar-refractivity contribution in [2.24, 2.45) is 5.73 Å². The van der Waals surface area contributed by atoms with Crippen LogP contribution in [0.25, 0.3) is 0 Å². The van der Waals surface area contributed by atoms with Crippen LogP contribution in [-0.2, 0) is 14.3 Å². The van der Waals surface area contributed by atoms with Crippen molar-refractivity contribution in [2.45, 2.75) is 51.5 Å². The molecule has 0 aliphatic rings. The lowest BCUT2D eigenvalue weighted by Gasteiger charge is -2.20. The van der Waals surface area contributed by atoms with Gasteiger partial charge in [0.05, 0.1) is 7.11 Å². The van der Waals surface area contributed by atoms with Crippen LogP contribution in [0.1, 0.15) is 46.0 Å². The van der Waals surface area contributed by atoms with E-state index in [4.69, 9.17) is 10.5 Å². The number of esters is 1. The third kappa shape index (κ3) is 6.80. The van der Waals surface area contributed by atoms with Crippen molar-refractivity contribution in [2.75, 3.05) is 20.3 Å². The van der Waals surface area contributed by atoms with Crippen LogP contribution in [0.2, 0.25) is 0 Å². The molecule has 0 aromatic rings. The minimum Gasteiger partial charge on any atom is -0.468 e. The molecule has 4 nitrogen and oxygen atoms in total. The Morgan fingerprint density at radius 3 is 2.50 bits per heavy atom. The molecule has 0 spiro atoms. The Labute approximate surface area is 98.5 Å². The van der Waals surface area contributed by atoms with Crippen LogP contribution >= 0.6 is 0 Å². The molecule has 2 N–H and O–H groups in total. The summed E-state index contributed by atoms with van der Waals surface area (Å²) >= 11 is 0. The molecule has 0 bridgehead atoms. The predicted molar refractivity (Wildman–Crippen MR) is 64.2 cm³/mol. The standard InChI is InChI=1S/C12H25NO3/c1-4-5-6-7-9-16-10-8-12(2,13)11(14)15-3/h4-10,13H2,1-3H3. The van der Waals surface area contributed by atoms with E-state index < -0.39 is 5.54 Å². The number of hydrogen-bond acceptors (Lipinski definition) is 4. The maximum absolute atomic E-state index is 11.2. The first-order valence-electron chi connectivity index (χ1n) is 5.99. The van der Waals surface area contributed by atoms with E-state index in [1.165, 1.54) is 26.4 Å². The van der Waals surface area contributed by atoms with Crippen LogP contribution in [0.15, 0.2) is 0 Å². The zero-order valence-electron chi connectivity index (χ0n) is 10.8. The molecule has 96 valence electrons. The maximum atomic E-state index is 11.2. The molecule has 0 aromatic carbocycles. The molecule has 0 aromatic heterocycles. The Bertz CT molecular complexity index is 193. The Balaban J connectivity index is 3.47. The number of methoxy groups -OCH3 is 1. The third-order valence-corrected chi connectivity index (χ3v) is 2.56. The van der Waals surface area contributed by atoms with Crippen LogP contribution < -0.4 is 5.73 Å². The van der Waals surface area contributed by atoms with Crippen LogP contribution in [0.3, 0.4) is 0 Å². The lowest BCUT2D eigenvalue weighted by molar-refractivity contribution is -0.147. The van der Waals surface area contributed by atoms with E-state index in [-0.39, 0.29) is 5.97 Å². The summed E-state index contributed by atoms with van der Waals surface area (Å²) < 4.78 is 10.0. The molecule has 0 aliphatic carbocycles. The molecular formula is C12H25NO3. The molecule has 0 saturated carbocycles. The molecule has 1 atom stereocenters. The highest BCUT2D eigenvalue weighted by molar-refractivity contribution is 5.79. The number of nitrogens with two attached hydrogens (primary N) is 1. The summed E-state index contributed by atoms with van der Waals surface area (Å²) in [6.45, 7) is 5.10. The number of carbonyl (C=O) groups excluding carboxylic acids is 1. The van der Waals surface area contributed by atoms with Gasteiger partial charge in [-0.15, -0.1) is 0 Å². The quantitative estimate of drug-likeness (QED) is 0.486. The first kappa shape index (κ1) is 15.4. The Morgan fingerprint density at radius 2 is 1.94 bits per heavy atom. The van der Waals surface area contributed by atoms with Gasteiger partial charge in [0.1, 0.15) is 5.54 Å². The van der Waals surface area contributed by atoms with Crippen molar-refractivity contribution in [1.82, 2.24) is 0 Å². The Morgan fingerprint density at radius 1 is 1.25 bits per heavy atom. The van der Waals surface area contributed by atoms with Gasteiger partial charge in [0.25, 0.3) is 0 Å². The number of carbonyl (C=O) groups is 1. The van der Waals surface area contributed by atoms with Gasteiger partial charge >= 0.3 is 5.97 Å². The molecule has 16 heavy (non-hydrogen) atoms. The highest BCUT2D eigenvalue weighted by atomic mass is 16.5. The van der Waals surface area contributed by atoms with Crippen LogP contribution in [-0.4, -0.2) is 31.8 Å². The molecule has 0 saturated heterocycles. The molecule has 0 fully saturated rings. The first-order valence-corrected chi connectivity index (χ1v) is 5.99. The van der Waals surface area contributed by atoms with Crippen LogP contribution in [0, 0.1) is 0 Å². The van der Waals surface area contributed by atoms with Crippen molar-refractivity contribution >= 4 is 5.97 Å². The zero-order valence-corrected chi connectivity index (χ0v) is 10.8. The Kier molecular flexibility index (Phi) is 8.21. The second-order valence-electron chi connectivity index (χ2n) is 4.33. The van der Waals surface area contributed by atoms with Gasteiger partial charge in [0.15, 0.2) is 0 Å². The minimum atomic E-state index is -0.932. The second kappa shape index (κ2) is 8.53. The van der Waals surface area contributed by atoms with Crippen molar-refractivity contribution in [3.05, 3.63) is 0 Å². The lowest BCUT2D eigenvalue weighted by atomic mass is 10.0. The van der Waals surface area contributed by atoms with Gasteiger partial charge < -0.3 is 15.2 Å². The largest absolute Gasteiger partial charge is 0.468 e. The molecule has 0 radical (unpaired) electrons. The third-order valence-electron chi connectivity index (χ3n) is 2.56. The van der Waals surface area contributed by atoms with Gasteiger partial charge in [-0.2, -0.15) is 0 Å². The van der Waals surface area contributed by atoms with Gasteiger partial charge in [-0.1, -0.05) is 26.2 Å². The number of unbranched alkanes of at least 4 members (excludes halogenated alkanes) is 3. The molecular weight excluding hydrogens is 206 g/mol. The van der Waals surface area contributed by atoms with E-state index in [9.17, 15) is 4.79 Å². The topological polar surface area (TPSA) is 61.5 Å². The van der Waals surface area contributed by atoms with Gasteiger partial charge in [-0.05, 0) is 19.8 Å². The number of rotatable bonds is 9. The molecule has 0 amide bonds. The summed E-state index contributed by atoms with van der Waals surface area (Å²) in [5.41, 5.74) is 4.85. The lowest BCUT2D eigenvalue weighted by Crippen LogP contribution is -2.46. The van der Waals surface area contributed by atoms with E-state index in [0.717, 1.165) is 13.0 Å². The molecule has 0 aliphatic heterocycles. The van der Waals surface area contributed by atoms with Gasteiger partial charge in [-0.25, -0.2) is 0 Å². The fourth-order valence-electron chi connectivity index (χ4n) is 1.35. The second-order valence-corrected chi connectivity index (χ2v) is 4.33. The maximum Gasteiger partial charge on any atom is 0.325 e.